The molecule has 1 heterocycles. The van der Waals surface area contributed by atoms with Gasteiger partial charge in [0, 0.05) is 24.9 Å². The Morgan fingerprint density at radius 1 is 1.27 bits per heavy atom. The molecule has 0 atom stereocenters. The molecule has 8 nitrogen and oxygen atoms in total. The Balaban J connectivity index is 1.68. The SMILES string of the molecule is CCOC(=O)COc1ccc(O[C@H]2C[C@@H](NC(=O)OC(C)(C)C)C2)nc1. The summed E-state index contributed by atoms with van der Waals surface area (Å²) in [4.78, 5) is 27.1. The molecule has 0 saturated heterocycles. The number of hydrogen-bond donors (Lipinski definition) is 1. The van der Waals surface area contributed by atoms with Gasteiger partial charge in [0.15, 0.2) is 6.61 Å². The highest BCUT2D eigenvalue weighted by atomic mass is 16.6. The monoisotopic (exact) mass is 366 g/mol. The van der Waals surface area contributed by atoms with Gasteiger partial charge in [0.05, 0.1) is 12.8 Å². The molecule has 0 radical (unpaired) electrons. The molecule has 1 fully saturated rings. The highest BCUT2D eigenvalue weighted by molar-refractivity contribution is 5.71. The summed E-state index contributed by atoms with van der Waals surface area (Å²) in [5.74, 6) is 0.503. The summed E-state index contributed by atoms with van der Waals surface area (Å²) in [6, 6.07) is 3.40. The zero-order valence-corrected chi connectivity index (χ0v) is 15.6. The van der Waals surface area contributed by atoms with E-state index in [2.05, 4.69) is 10.3 Å². The number of amides is 1. The summed E-state index contributed by atoms with van der Waals surface area (Å²) in [6.07, 6.45) is 2.46. The number of pyridine rings is 1. The lowest BCUT2D eigenvalue weighted by atomic mass is 9.89. The molecule has 1 aromatic heterocycles. The van der Waals surface area contributed by atoms with E-state index in [0.29, 0.717) is 31.1 Å². The van der Waals surface area contributed by atoms with Crippen LogP contribution in [0.1, 0.15) is 40.5 Å². The topological polar surface area (TPSA) is 96.0 Å². The minimum atomic E-state index is -0.509. The summed E-state index contributed by atoms with van der Waals surface area (Å²) in [5.41, 5.74) is -0.509. The van der Waals surface area contributed by atoms with Gasteiger partial charge in [0.2, 0.25) is 5.88 Å². The van der Waals surface area contributed by atoms with E-state index in [1.54, 1.807) is 19.1 Å². The molecule has 0 unspecified atom stereocenters. The largest absolute Gasteiger partial charge is 0.480 e. The second-order valence-corrected chi connectivity index (χ2v) is 6.98. The quantitative estimate of drug-likeness (QED) is 0.741. The van der Waals surface area contributed by atoms with E-state index >= 15 is 0 Å². The van der Waals surface area contributed by atoms with Gasteiger partial charge in [-0.15, -0.1) is 0 Å². The van der Waals surface area contributed by atoms with Crippen LogP contribution >= 0.6 is 0 Å². The maximum absolute atomic E-state index is 11.7. The number of ether oxygens (including phenoxy) is 4. The molecule has 0 aliphatic heterocycles. The van der Waals surface area contributed by atoms with Crippen molar-refractivity contribution in [3.8, 4) is 11.6 Å². The highest BCUT2D eigenvalue weighted by Crippen LogP contribution is 2.26. The molecule has 1 aliphatic rings. The maximum Gasteiger partial charge on any atom is 0.407 e. The molecule has 0 bridgehead atoms. The van der Waals surface area contributed by atoms with Crippen LogP contribution in [0, 0.1) is 0 Å². The summed E-state index contributed by atoms with van der Waals surface area (Å²) in [5, 5.41) is 2.81. The zero-order valence-electron chi connectivity index (χ0n) is 15.6. The van der Waals surface area contributed by atoms with Gasteiger partial charge in [-0.2, -0.15) is 0 Å². The Morgan fingerprint density at radius 3 is 2.58 bits per heavy atom. The predicted molar refractivity (Wildman–Crippen MR) is 93.2 cm³/mol. The molecule has 1 aliphatic carbocycles. The first-order valence-corrected chi connectivity index (χ1v) is 8.66. The Kier molecular flexibility index (Phi) is 6.65. The fourth-order valence-corrected chi connectivity index (χ4v) is 2.29. The van der Waals surface area contributed by atoms with Crippen LogP contribution in [-0.4, -0.2) is 48.0 Å². The van der Waals surface area contributed by atoms with Crippen LogP contribution < -0.4 is 14.8 Å². The van der Waals surface area contributed by atoms with E-state index in [9.17, 15) is 9.59 Å². The van der Waals surface area contributed by atoms with E-state index in [1.165, 1.54) is 6.20 Å². The third-order valence-corrected chi connectivity index (χ3v) is 3.47. The Morgan fingerprint density at radius 2 is 2.00 bits per heavy atom. The average molecular weight is 366 g/mol. The maximum atomic E-state index is 11.7. The molecule has 1 N–H and O–H groups in total. The number of aromatic nitrogens is 1. The van der Waals surface area contributed by atoms with Crippen molar-refractivity contribution >= 4 is 12.1 Å². The smallest absolute Gasteiger partial charge is 0.407 e. The first-order chi connectivity index (χ1) is 12.2. The first kappa shape index (κ1) is 19.8. The van der Waals surface area contributed by atoms with E-state index in [0.717, 1.165) is 0 Å². The molecular formula is C18H26N2O6. The van der Waals surface area contributed by atoms with Crippen LogP contribution in [0.4, 0.5) is 4.79 Å². The molecule has 2 rings (SSSR count). The number of esters is 1. The molecule has 144 valence electrons. The molecule has 0 aromatic carbocycles. The van der Waals surface area contributed by atoms with Gasteiger partial charge in [-0.3, -0.25) is 0 Å². The van der Waals surface area contributed by atoms with Crippen LogP contribution in [0.5, 0.6) is 11.6 Å². The second kappa shape index (κ2) is 8.73. The van der Waals surface area contributed by atoms with Gasteiger partial charge in [0.25, 0.3) is 0 Å². The summed E-state index contributed by atoms with van der Waals surface area (Å²) >= 11 is 0. The van der Waals surface area contributed by atoms with Crippen LogP contribution in [0.15, 0.2) is 18.3 Å². The Bertz CT molecular complexity index is 605. The van der Waals surface area contributed by atoms with Gasteiger partial charge < -0.3 is 24.3 Å². The first-order valence-electron chi connectivity index (χ1n) is 8.66. The lowest BCUT2D eigenvalue weighted by Gasteiger charge is -2.35. The number of alkyl carbamates (subject to hydrolysis) is 1. The molecule has 26 heavy (non-hydrogen) atoms. The number of nitrogens with one attached hydrogen (secondary N) is 1. The standard InChI is InChI=1S/C18H26N2O6/c1-5-23-16(21)11-24-13-6-7-15(19-10-13)25-14-8-12(9-14)20-17(22)26-18(2,3)4/h6-7,10,12,14H,5,8-9,11H2,1-4H3,(H,20,22)/t12-,14+. The highest BCUT2D eigenvalue weighted by Gasteiger charge is 2.33. The fourth-order valence-electron chi connectivity index (χ4n) is 2.29. The molecule has 1 aromatic rings. The Hall–Kier alpha value is -2.51. The Labute approximate surface area is 153 Å². The fraction of sp³-hybridized carbons (Fsp3) is 0.611. The second-order valence-electron chi connectivity index (χ2n) is 6.98. The van der Waals surface area contributed by atoms with E-state index in [4.69, 9.17) is 18.9 Å². The van der Waals surface area contributed by atoms with Gasteiger partial charge >= 0.3 is 12.1 Å². The molecule has 0 spiro atoms. The minimum absolute atomic E-state index is 0.00580. The van der Waals surface area contributed by atoms with Gasteiger partial charge in [-0.05, 0) is 33.8 Å². The van der Waals surface area contributed by atoms with Crippen LogP contribution in [-0.2, 0) is 14.3 Å². The number of nitrogens with zero attached hydrogens (tertiary/aromatic N) is 1. The third-order valence-electron chi connectivity index (χ3n) is 3.47. The van der Waals surface area contributed by atoms with Crippen LogP contribution in [0.25, 0.3) is 0 Å². The number of carbonyl (C=O) groups excluding carboxylic acids is 2. The molecule has 1 amide bonds. The number of hydrogen-bond acceptors (Lipinski definition) is 7. The van der Waals surface area contributed by atoms with Gasteiger partial charge in [-0.1, -0.05) is 0 Å². The molecule has 8 heteroatoms. The lowest BCUT2D eigenvalue weighted by Crippen LogP contribution is -2.50. The summed E-state index contributed by atoms with van der Waals surface area (Å²) in [6.45, 7) is 7.37. The molecule has 1 saturated carbocycles. The van der Waals surface area contributed by atoms with Crippen molar-refractivity contribution in [3.05, 3.63) is 18.3 Å². The van der Waals surface area contributed by atoms with Crippen LogP contribution in [0.2, 0.25) is 0 Å². The third kappa shape index (κ3) is 6.78. The van der Waals surface area contributed by atoms with Crippen molar-refractivity contribution in [3.63, 3.8) is 0 Å². The van der Waals surface area contributed by atoms with E-state index in [-0.39, 0.29) is 18.8 Å². The molecular weight excluding hydrogens is 340 g/mol. The summed E-state index contributed by atoms with van der Waals surface area (Å²) < 4.78 is 21.0. The number of rotatable bonds is 7. The van der Waals surface area contributed by atoms with Gasteiger partial charge in [-0.25, -0.2) is 14.6 Å². The average Bonchev–Trinajstić information content (AvgIpc) is 2.50. The minimum Gasteiger partial charge on any atom is -0.480 e. The zero-order chi connectivity index (χ0) is 19.2. The normalized spacial score (nSPS) is 19.1. The van der Waals surface area contributed by atoms with Crippen molar-refractivity contribution in [2.75, 3.05) is 13.2 Å². The van der Waals surface area contributed by atoms with Crippen molar-refractivity contribution in [1.29, 1.82) is 0 Å². The van der Waals surface area contributed by atoms with Crippen molar-refractivity contribution in [2.24, 2.45) is 0 Å². The van der Waals surface area contributed by atoms with E-state index < -0.39 is 17.7 Å². The number of carbonyl (C=O) groups is 2. The van der Waals surface area contributed by atoms with Crippen LogP contribution in [0.3, 0.4) is 0 Å². The summed E-state index contributed by atoms with van der Waals surface area (Å²) in [7, 11) is 0. The predicted octanol–water partition coefficient (Wildman–Crippen LogP) is 2.46. The lowest BCUT2D eigenvalue weighted by molar-refractivity contribution is -0.145. The van der Waals surface area contributed by atoms with Gasteiger partial charge in [0.1, 0.15) is 17.5 Å². The van der Waals surface area contributed by atoms with Crippen molar-refractivity contribution in [2.45, 2.75) is 58.3 Å². The van der Waals surface area contributed by atoms with Crippen molar-refractivity contribution in [1.82, 2.24) is 10.3 Å². The van der Waals surface area contributed by atoms with Crippen molar-refractivity contribution < 1.29 is 28.5 Å². The van der Waals surface area contributed by atoms with E-state index in [1.807, 2.05) is 20.8 Å².